The molecule has 3 heteroatoms. The molecule has 2 rings (SSSR count). The highest BCUT2D eigenvalue weighted by atomic mass is 79.9. The fraction of sp³-hybridized carbons (Fsp3) is 0.143. The van der Waals surface area contributed by atoms with Crippen LogP contribution < -0.4 is 5.32 Å². The quantitative estimate of drug-likeness (QED) is 0.878. The van der Waals surface area contributed by atoms with E-state index in [-0.39, 0.29) is 5.82 Å². The summed E-state index contributed by atoms with van der Waals surface area (Å²) in [7, 11) is 0. The zero-order valence-corrected chi connectivity index (χ0v) is 11.1. The number of rotatable bonds is 3. The van der Waals surface area contributed by atoms with E-state index >= 15 is 0 Å². The van der Waals surface area contributed by atoms with Crippen LogP contribution in [0.2, 0.25) is 0 Å². The molecule has 0 saturated heterocycles. The minimum Gasteiger partial charge on any atom is -0.381 e. The summed E-state index contributed by atoms with van der Waals surface area (Å²) in [6.45, 7) is 2.47. The molecule has 0 saturated carbocycles. The van der Waals surface area contributed by atoms with Gasteiger partial charge in [-0.2, -0.15) is 0 Å². The first kappa shape index (κ1) is 12.1. The highest BCUT2D eigenvalue weighted by molar-refractivity contribution is 9.10. The van der Waals surface area contributed by atoms with Crippen molar-refractivity contribution < 1.29 is 4.39 Å². The van der Waals surface area contributed by atoms with Crippen molar-refractivity contribution in [3.63, 3.8) is 0 Å². The lowest BCUT2D eigenvalue weighted by Crippen LogP contribution is -1.99. The third kappa shape index (κ3) is 3.30. The summed E-state index contributed by atoms with van der Waals surface area (Å²) in [5.41, 5.74) is 2.81. The summed E-state index contributed by atoms with van der Waals surface area (Å²) in [5.74, 6) is -0.155. The first-order valence-electron chi connectivity index (χ1n) is 5.39. The van der Waals surface area contributed by atoms with E-state index in [1.807, 2.05) is 30.3 Å². The molecule has 0 aliphatic heterocycles. The second kappa shape index (κ2) is 5.32. The van der Waals surface area contributed by atoms with E-state index in [0.29, 0.717) is 12.1 Å². The molecular weight excluding hydrogens is 281 g/mol. The summed E-state index contributed by atoms with van der Waals surface area (Å²) in [5, 5.41) is 3.29. The molecule has 88 valence electrons. The topological polar surface area (TPSA) is 12.0 Å². The van der Waals surface area contributed by atoms with Crippen molar-refractivity contribution in [1.29, 1.82) is 0 Å². The Morgan fingerprint density at radius 2 is 1.82 bits per heavy atom. The van der Waals surface area contributed by atoms with E-state index < -0.39 is 0 Å². The number of hydrogen-bond donors (Lipinski definition) is 1. The van der Waals surface area contributed by atoms with E-state index in [0.717, 1.165) is 15.7 Å². The zero-order chi connectivity index (χ0) is 12.3. The molecule has 0 atom stereocenters. The summed E-state index contributed by atoms with van der Waals surface area (Å²) >= 11 is 3.39. The van der Waals surface area contributed by atoms with Crippen molar-refractivity contribution >= 4 is 21.6 Å². The molecule has 0 bridgehead atoms. The molecule has 2 aromatic carbocycles. The predicted octanol–water partition coefficient (Wildman–Crippen LogP) is 4.51. The summed E-state index contributed by atoms with van der Waals surface area (Å²) in [6.07, 6.45) is 0. The average Bonchev–Trinajstić information content (AvgIpc) is 2.33. The van der Waals surface area contributed by atoms with Gasteiger partial charge in [-0.3, -0.25) is 0 Å². The Morgan fingerprint density at radius 1 is 1.12 bits per heavy atom. The molecule has 17 heavy (non-hydrogen) atoms. The van der Waals surface area contributed by atoms with E-state index in [1.165, 1.54) is 6.07 Å². The molecule has 0 spiro atoms. The van der Waals surface area contributed by atoms with Crippen LogP contribution in [-0.4, -0.2) is 0 Å². The molecule has 0 aromatic heterocycles. The molecule has 2 aromatic rings. The lowest BCUT2D eigenvalue weighted by atomic mass is 10.1. The highest BCUT2D eigenvalue weighted by Gasteiger charge is 1.99. The van der Waals surface area contributed by atoms with Crippen LogP contribution in [0.1, 0.15) is 11.1 Å². The Bertz CT molecular complexity index is 508. The predicted molar refractivity (Wildman–Crippen MR) is 72.6 cm³/mol. The number of hydrogen-bond acceptors (Lipinski definition) is 1. The number of anilines is 1. The molecule has 1 nitrogen and oxygen atoms in total. The van der Waals surface area contributed by atoms with Gasteiger partial charge in [-0.15, -0.1) is 0 Å². The lowest BCUT2D eigenvalue weighted by Gasteiger charge is -2.07. The van der Waals surface area contributed by atoms with Gasteiger partial charge in [0, 0.05) is 16.7 Å². The molecule has 0 aliphatic carbocycles. The van der Waals surface area contributed by atoms with E-state index in [4.69, 9.17) is 0 Å². The van der Waals surface area contributed by atoms with Crippen LogP contribution in [0.5, 0.6) is 0 Å². The monoisotopic (exact) mass is 293 g/mol. The van der Waals surface area contributed by atoms with Crippen molar-refractivity contribution in [3.05, 3.63) is 63.9 Å². The second-order valence-electron chi connectivity index (χ2n) is 3.94. The van der Waals surface area contributed by atoms with Crippen molar-refractivity contribution in [3.8, 4) is 0 Å². The highest BCUT2D eigenvalue weighted by Crippen LogP contribution is 2.16. The second-order valence-corrected chi connectivity index (χ2v) is 4.86. The third-order valence-corrected chi connectivity index (χ3v) is 3.09. The Balaban J connectivity index is 2.02. The first-order valence-corrected chi connectivity index (χ1v) is 6.19. The van der Waals surface area contributed by atoms with Crippen LogP contribution >= 0.6 is 15.9 Å². The van der Waals surface area contributed by atoms with Gasteiger partial charge in [0.25, 0.3) is 0 Å². The van der Waals surface area contributed by atoms with Crippen molar-refractivity contribution in [2.45, 2.75) is 13.5 Å². The fourth-order valence-electron chi connectivity index (χ4n) is 1.59. The van der Waals surface area contributed by atoms with E-state index in [2.05, 4.69) is 21.2 Å². The Hall–Kier alpha value is -1.35. The molecule has 0 radical (unpaired) electrons. The largest absolute Gasteiger partial charge is 0.381 e. The number of halogens is 2. The molecule has 0 aliphatic rings. The van der Waals surface area contributed by atoms with E-state index in [9.17, 15) is 4.39 Å². The minimum atomic E-state index is -0.155. The van der Waals surface area contributed by atoms with Gasteiger partial charge in [-0.1, -0.05) is 28.1 Å². The SMILES string of the molecule is Cc1cc(CNc2ccc(Br)cc2)ccc1F. The average molecular weight is 294 g/mol. The van der Waals surface area contributed by atoms with E-state index in [1.54, 1.807) is 13.0 Å². The van der Waals surface area contributed by atoms with Gasteiger partial charge in [0.05, 0.1) is 0 Å². The molecule has 0 amide bonds. The maximum absolute atomic E-state index is 13.1. The van der Waals surface area contributed by atoms with Crippen LogP contribution in [0.4, 0.5) is 10.1 Å². The smallest absolute Gasteiger partial charge is 0.126 e. The van der Waals surface area contributed by atoms with Crippen LogP contribution in [0, 0.1) is 12.7 Å². The Kier molecular flexibility index (Phi) is 3.79. The minimum absolute atomic E-state index is 0.155. The van der Waals surface area contributed by atoms with Crippen LogP contribution in [0.15, 0.2) is 46.9 Å². The first-order chi connectivity index (χ1) is 8.15. The number of aryl methyl sites for hydroxylation is 1. The van der Waals surface area contributed by atoms with Gasteiger partial charge in [-0.05, 0) is 48.4 Å². The van der Waals surface area contributed by atoms with Gasteiger partial charge < -0.3 is 5.32 Å². The maximum atomic E-state index is 13.1. The number of benzene rings is 2. The molecule has 1 N–H and O–H groups in total. The van der Waals surface area contributed by atoms with Crippen LogP contribution in [-0.2, 0) is 6.54 Å². The van der Waals surface area contributed by atoms with Gasteiger partial charge in [0.2, 0.25) is 0 Å². The summed E-state index contributed by atoms with van der Waals surface area (Å²) in [6, 6.07) is 13.1. The zero-order valence-electron chi connectivity index (χ0n) is 9.50. The summed E-state index contributed by atoms with van der Waals surface area (Å²) in [4.78, 5) is 0. The third-order valence-electron chi connectivity index (χ3n) is 2.56. The van der Waals surface area contributed by atoms with Gasteiger partial charge in [0.15, 0.2) is 0 Å². The van der Waals surface area contributed by atoms with Gasteiger partial charge >= 0.3 is 0 Å². The standard InChI is InChI=1S/C14H13BrFN/c1-10-8-11(2-7-14(10)16)9-17-13-5-3-12(15)4-6-13/h2-8,17H,9H2,1H3. The lowest BCUT2D eigenvalue weighted by molar-refractivity contribution is 0.617. The van der Waals surface area contributed by atoms with Crippen LogP contribution in [0.3, 0.4) is 0 Å². The van der Waals surface area contributed by atoms with Crippen molar-refractivity contribution in [1.82, 2.24) is 0 Å². The maximum Gasteiger partial charge on any atom is 0.126 e. The van der Waals surface area contributed by atoms with Gasteiger partial charge in [0.1, 0.15) is 5.82 Å². The Labute approximate surface area is 109 Å². The molecular formula is C14H13BrFN. The van der Waals surface area contributed by atoms with Crippen molar-refractivity contribution in [2.24, 2.45) is 0 Å². The Morgan fingerprint density at radius 3 is 2.47 bits per heavy atom. The normalized spacial score (nSPS) is 10.3. The van der Waals surface area contributed by atoms with Crippen molar-refractivity contribution in [2.75, 3.05) is 5.32 Å². The molecule has 0 fully saturated rings. The molecule has 0 heterocycles. The van der Waals surface area contributed by atoms with Gasteiger partial charge in [-0.25, -0.2) is 4.39 Å². The molecule has 0 unspecified atom stereocenters. The van der Waals surface area contributed by atoms with Crippen LogP contribution in [0.25, 0.3) is 0 Å². The summed E-state index contributed by atoms with van der Waals surface area (Å²) < 4.78 is 14.1. The number of nitrogens with one attached hydrogen (secondary N) is 1. The fourth-order valence-corrected chi connectivity index (χ4v) is 1.85.